The summed E-state index contributed by atoms with van der Waals surface area (Å²) >= 11 is 0. The first-order chi connectivity index (χ1) is 7.83. The SMILES string of the molecule is COc1ncccc1C(=O)c1cncnc1. The second kappa shape index (κ2) is 4.48. The number of pyridine rings is 1. The zero-order valence-corrected chi connectivity index (χ0v) is 8.62. The summed E-state index contributed by atoms with van der Waals surface area (Å²) in [6.07, 6.45) is 5.86. The van der Waals surface area contributed by atoms with Crippen molar-refractivity contribution in [1.82, 2.24) is 15.0 Å². The molecule has 0 spiro atoms. The van der Waals surface area contributed by atoms with Crippen molar-refractivity contribution in [3.8, 4) is 5.88 Å². The van der Waals surface area contributed by atoms with Gasteiger partial charge in [0, 0.05) is 18.6 Å². The number of aromatic nitrogens is 3. The monoisotopic (exact) mass is 215 g/mol. The van der Waals surface area contributed by atoms with Crippen molar-refractivity contribution >= 4 is 5.78 Å². The zero-order chi connectivity index (χ0) is 11.4. The Morgan fingerprint density at radius 2 is 2.06 bits per heavy atom. The van der Waals surface area contributed by atoms with Gasteiger partial charge in [0.15, 0.2) is 0 Å². The van der Waals surface area contributed by atoms with Gasteiger partial charge in [0.25, 0.3) is 0 Å². The molecule has 0 bridgehead atoms. The molecule has 0 fully saturated rings. The molecule has 2 rings (SSSR count). The van der Waals surface area contributed by atoms with Crippen LogP contribution in [-0.4, -0.2) is 27.8 Å². The fourth-order valence-electron chi connectivity index (χ4n) is 1.30. The van der Waals surface area contributed by atoms with E-state index >= 15 is 0 Å². The second-order valence-electron chi connectivity index (χ2n) is 3.02. The quantitative estimate of drug-likeness (QED) is 0.717. The minimum absolute atomic E-state index is 0.203. The highest BCUT2D eigenvalue weighted by atomic mass is 16.5. The van der Waals surface area contributed by atoms with Gasteiger partial charge >= 0.3 is 0 Å². The van der Waals surface area contributed by atoms with Crippen LogP contribution < -0.4 is 4.74 Å². The van der Waals surface area contributed by atoms with Crippen LogP contribution in [0.1, 0.15) is 15.9 Å². The van der Waals surface area contributed by atoms with Crippen molar-refractivity contribution < 1.29 is 9.53 Å². The van der Waals surface area contributed by atoms with Crippen LogP contribution in [0.25, 0.3) is 0 Å². The van der Waals surface area contributed by atoms with Crippen LogP contribution in [0.2, 0.25) is 0 Å². The number of methoxy groups -OCH3 is 1. The highest BCUT2D eigenvalue weighted by Gasteiger charge is 2.14. The smallest absolute Gasteiger partial charge is 0.224 e. The van der Waals surface area contributed by atoms with Crippen LogP contribution in [0.15, 0.2) is 37.1 Å². The van der Waals surface area contributed by atoms with Crippen LogP contribution in [0.4, 0.5) is 0 Å². The largest absolute Gasteiger partial charge is 0.480 e. The Labute approximate surface area is 92.2 Å². The average molecular weight is 215 g/mol. The fourth-order valence-corrected chi connectivity index (χ4v) is 1.30. The lowest BCUT2D eigenvalue weighted by Crippen LogP contribution is -2.05. The molecule has 0 radical (unpaired) electrons. The molecule has 0 saturated carbocycles. The molecule has 0 atom stereocenters. The first-order valence-corrected chi connectivity index (χ1v) is 4.61. The van der Waals surface area contributed by atoms with E-state index in [-0.39, 0.29) is 5.78 Å². The van der Waals surface area contributed by atoms with Crippen LogP contribution >= 0.6 is 0 Å². The minimum Gasteiger partial charge on any atom is -0.480 e. The molecule has 16 heavy (non-hydrogen) atoms. The van der Waals surface area contributed by atoms with Crippen LogP contribution in [-0.2, 0) is 0 Å². The lowest BCUT2D eigenvalue weighted by atomic mass is 10.1. The van der Waals surface area contributed by atoms with Gasteiger partial charge in [0.2, 0.25) is 11.7 Å². The van der Waals surface area contributed by atoms with Gasteiger partial charge in [-0.15, -0.1) is 0 Å². The van der Waals surface area contributed by atoms with Gasteiger partial charge in [-0.2, -0.15) is 0 Å². The minimum atomic E-state index is -0.203. The number of carbonyl (C=O) groups excluding carboxylic acids is 1. The maximum atomic E-state index is 12.0. The highest BCUT2D eigenvalue weighted by molar-refractivity contribution is 6.10. The first kappa shape index (κ1) is 10.2. The van der Waals surface area contributed by atoms with Crippen molar-refractivity contribution in [1.29, 1.82) is 0 Å². The third kappa shape index (κ3) is 1.88. The third-order valence-corrected chi connectivity index (χ3v) is 2.03. The molecule has 2 heterocycles. The predicted molar refractivity (Wildman–Crippen MR) is 56.3 cm³/mol. The summed E-state index contributed by atoms with van der Waals surface area (Å²) in [4.78, 5) is 23.6. The van der Waals surface area contributed by atoms with E-state index in [1.165, 1.54) is 25.8 Å². The van der Waals surface area contributed by atoms with Gasteiger partial charge in [0.05, 0.1) is 18.2 Å². The molecule has 0 aromatic carbocycles. The van der Waals surface area contributed by atoms with Gasteiger partial charge in [-0.1, -0.05) is 0 Å². The molecule has 80 valence electrons. The average Bonchev–Trinajstić information content (AvgIpc) is 2.39. The molecule has 2 aromatic rings. The Kier molecular flexibility index (Phi) is 2.86. The van der Waals surface area contributed by atoms with Gasteiger partial charge in [-0.05, 0) is 12.1 Å². The fraction of sp³-hybridized carbons (Fsp3) is 0.0909. The maximum absolute atomic E-state index is 12.0. The first-order valence-electron chi connectivity index (χ1n) is 4.61. The van der Waals surface area contributed by atoms with E-state index in [1.54, 1.807) is 18.3 Å². The van der Waals surface area contributed by atoms with E-state index in [1.807, 2.05) is 0 Å². The molecule has 0 amide bonds. The van der Waals surface area contributed by atoms with Crippen molar-refractivity contribution in [2.24, 2.45) is 0 Å². The summed E-state index contributed by atoms with van der Waals surface area (Å²) in [5.41, 5.74) is 0.814. The third-order valence-electron chi connectivity index (χ3n) is 2.03. The summed E-state index contributed by atoms with van der Waals surface area (Å²) in [5.74, 6) is 0.0990. The Morgan fingerprint density at radius 1 is 1.31 bits per heavy atom. The van der Waals surface area contributed by atoms with Gasteiger partial charge in [0.1, 0.15) is 6.33 Å². The van der Waals surface area contributed by atoms with E-state index in [4.69, 9.17) is 4.74 Å². The van der Waals surface area contributed by atoms with E-state index in [9.17, 15) is 4.79 Å². The standard InChI is InChI=1S/C11H9N3O2/c1-16-11-9(3-2-4-14-11)10(15)8-5-12-7-13-6-8/h2-7H,1H3. The van der Waals surface area contributed by atoms with Crippen molar-refractivity contribution in [2.45, 2.75) is 0 Å². The number of ketones is 1. The molecule has 0 aliphatic carbocycles. The Bertz CT molecular complexity index is 500. The summed E-state index contributed by atoms with van der Waals surface area (Å²) in [5, 5.41) is 0. The van der Waals surface area contributed by atoms with Crippen LogP contribution in [0.3, 0.4) is 0 Å². The van der Waals surface area contributed by atoms with E-state index in [0.29, 0.717) is 17.0 Å². The van der Waals surface area contributed by atoms with Crippen LogP contribution in [0, 0.1) is 0 Å². The number of hydrogen-bond acceptors (Lipinski definition) is 5. The number of ether oxygens (including phenoxy) is 1. The van der Waals surface area contributed by atoms with Gasteiger partial charge < -0.3 is 4.74 Å². The molecular weight excluding hydrogens is 206 g/mol. The second-order valence-corrected chi connectivity index (χ2v) is 3.02. The number of rotatable bonds is 3. The molecule has 2 aromatic heterocycles. The van der Waals surface area contributed by atoms with Gasteiger partial charge in [-0.3, -0.25) is 4.79 Å². The van der Waals surface area contributed by atoms with Crippen molar-refractivity contribution in [2.75, 3.05) is 7.11 Å². The molecule has 5 nitrogen and oxygen atoms in total. The molecule has 5 heteroatoms. The molecule has 0 saturated heterocycles. The normalized spacial score (nSPS) is 9.81. The Morgan fingerprint density at radius 3 is 2.75 bits per heavy atom. The maximum Gasteiger partial charge on any atom is 0.224 e. The molecule has 0 aliphatic heterocycles. The van der Waals surface area contributed by atoms with E-state index in [0.717, 1.165) is 0 Å². The van der Waals surface area contributed by atoms with Crippen molar-refractivity contribution in [3.63, 3.8) is 0 Å². The topological polar surface area (TPSA) is 65.0 Å². The number of hydrogen-bond donors (Lipinski definition) is 0. The highest BCUT2D eigenvalue weighted by Crippen LogP contribution is 2.17. The summed E-state index contributed by atoms with van der Waals surface area (Å²) < 4.78 is 5.02. The Hall–Kier alpha value is -2.30. The summed E-state index contributed by atoms with van der Waals surface area (Å²) in [7, 11) is 1.47. The summed E-state index contributed by atoms with van der Waals surface area (Å²) in [6, 6.07) is 3.33. The summed E-state index contributed by atoms with van der Waals surface area (Å²) in [6.45, 7) is 0. The zero-order valence-electron chi connectivity index (χ0n) is 8.62. The lowest BCUT2D eigenvalue weighted by molar-refractivity contribution is 0.103. The predicted octanol–water partition coefficient (Wildman–Crippen LogP) is 1.11. The van der Waals surface area contributed by atoms with Crippen LogP contribution in [0.5, 0.6) is 5.88 Å². The number of nitrogens with zero attached hydrogens (tertiary/aromatic N) is 3. The lowest BCUT2D eigenvalue weighted by Gasteiger charge is -2.04. The Balaban J connectivity index is 2.42. The van der Waals surface area contributed by atoms with E-state index < -0.39 is 0 Å². The van der Waals surface area contributed by atoms with E-state index in [2.05, 4.69) is 15.0 Å². The number of carbonyl (C=O) groups is 1. The van der Waals surface area contributed by atoms with Crippen molar-refractivity contribution in [3.05, 3.63) is 48.2 Å². The molecule has 0 N–H and O–H groups in total. The molecule has 0 aliphatic rings. The molecular formula is C11H9N3O2. The van der Waals surface area contributed by atoms with Gasteiger partial charge in [-0.25, -0.2) is 15.0 Å². The molecule has 0 unspecified atom stereocenters.